The highest BCUT2D eigenvalue weighted by molar-refractivity contribution is 6.07. The molecule has 2 aliphatic heterocycles. The molecule has 0 saturated carbocycles. The molecule has 1 unspecified atom stereocenters. The molecule has 2 aliphatic rings. The van der Waals surface area contributed by atoms with Crippen molar-refractivity contribution in [3.8, 4) is 0 Å². The number of hydrogen-bond donors (Lipinski definition) is 2. The third-order valence-corrected chi connectivity index (χ3v) is 5.40. The molecule has 2 atom stereocenters. The van der Waals surface area contributed by atoms with Gasteiger partial charge in [-0.25, -0.2) is 9.18 Å². The van der Waals surface area contributed by atoms with Crippen LogP contribution in [0.4, 0.5) is 9.18 Å². The molecule has 7 heteroatoms. The van der Waals surface area contributed by atoms with Gasteiger partial charge in [0, 0.05) is 19.0 Å². The average molecular weight is 361 g/mol. The molecule has 0 bridgehead atoms. The summed E-state index contributed by atoms with van der Waals surface area (Å²) in [5, 5.41) is 4.82. The van der Waals surface area contributed by atoms with E-state index in [2.05, 4.69) is 10.6 Å². The number of benzene rings is 1. The van der Waals surface area contributed by atoms with Crippen molar-refractivity contribution in [3.63, 3.8) is 0 Å². The number of carbonyl (C=O) groups is 3. The molecular formula is C19H24FN3O3. The van der Waals surface area contributed by atoms with Gasteiger partial charge in [-0.15, -0.1) is 0 Å². The van der Waals surface area contributed by atoms with E-state index in [9.17, 15) is 18.8 Å². The van der Waals surface area contributed by atoms with Gasteiger partial charge in [0.05, 0.1) is 0 Å². The SMILES string of the molecule is CC(C[C@@]1(C)NC(=O)NC1=O)C(=O)N1CCC(c2ccc(F)cc2)CC1. The van der Waals surface area contributed by atoms with Crippen molar-refractivity contribution in [2.24, 2.45) is 5.92 Å². The molecule has 1 aromatic rings. The normalized spacial score (nSPS) is 25.0. The lowest BCUT2D eigenvalue weighted by Gasteiger charge is -2.35. The number of carbonyl (C=O) groups excluding carboxylic acids is 3. The number of likely N-dealkylation sites (tertiary alicyclic amines) is 1. The van der Waals surface area contributed by atoms with Gasteiger partial charge >= 0.3 is 6.03 Å². The van der Waals surface area contributed by atoms with Crippen LogP contribution >= 0.6 is 0 Å². The maximum Gasteiger partial charge on any atom is 0.322 e. The van der Waals surface area contributed by atoms with Crippen LogP contribution in [0, 0.1) is 11.7 Å². The predicted molar refractivity (Wildman–Crippen MR) is 93.8 cm³/mol. The van der Waals surface area contributed by atoms with Crippen molar-refractivity contribution in [2.45, 2.75) is 44.6 Å². The van der Waals surface area contributed by atoms with Gasteiger partial charge < -0.3 is 10.2 Å². The first-order valence-corrected chi connectivity index (χ1v) is 8.96. The highest BCUT2D eigenvalue weighted by Crippen LogP contribution is 2.30. The molecule has 2 saturated heterocycles. The second-order valence-corrected chi connectivity index (χ2v) is 7.50. The fourth-order valence-corrected chi connectivity index (χ4v) is 3.90. The quantitative estimate of drug-likeness (QED) is 0.807. The third kappa shape index (κ3) is 3.71. The van der Waals surface area contributed by atoms with E-state index >= 15 is 0 Å². The molecule has 3 rings (SSSR count). The van der Waals surface area contributed by atoms with Crippen LogP contribution in [0.1, 0.15) is 44.6 Å². The zero-order valence-corrected chi connectivity index (χ0v) is 15.0. The Morgan fingerprint density at radius 2 is 1.88 bits per heavy atom. The van der Waals surface area contributed by atoms with E-state index in [0.717, 1.165) is 18.4 Å². The lowest BCUT2D eigenvalue weighted by molar-refractivity contribution is -0.137. The number of piperidine rings is 1. The maximum atomic E-state index is 13.1. The highest BCUT2D eigenvalue weighted by atomic mass is 19.1. The minimum Gasteiger partial charge on any atom is -0.342 e. The Balaban J connectivity index is 1.55. The number of halogens is 1. The average Bonchev–Trinajstić information content (AvgIpc) is 2.86. The molecule has 0 spiro atoms. The molecule has 26 heavy (non-hydrogen) atoms. The summed E-state index contributed by atoms with van der Waals surface area (Å²) in [4.78, 5) is 37.8. The number of nitrogens with zero attached hydrogens (tertiary/aromatic N) is 1. The second kappa shape index (κ2) is 7.05. The van der Waals surface area contributed by atoms with E-state index in [-0.39, 0.29) is 24.1 Å². The molecule has 2 heterocycles. The van der Waals surface area contributed by atoms with Crippen molar-refractivity contribution in [2.75, 3.05) is 13.1 Å². The van der Waals surface area contributed by atoms with Gasteiger partial charge in [-0.3, -0.25) is 14.9 Å². The summed E-state index contributed by atoms with van der Waals surface area (Å²) in [6.07, 6.45) is 1.93. The first kappa shape index (κ1) is 18.4. The third-order valence-electron chi connectivity index (χ3n) is 5.40. The fourth-order valence-electron chi connectivity index (χ4n) is 3.90. The summed E-state index contributed by atoms with van der Waals surface area (Å²) in [6.45, 7) is 4.70. The number of nitrogens with one attached hydrogen (secondary N) is 2. The summed E-state index contributed by atoms with van der Waals surface area (Å²) in [5.41, 5.74) is 0.0582. The van der Waals surface area contributed by atoms with Crippen LogP contribution in [0.2, 0.25) is 0 Å². The predicted octanol–water partition coefficient (Wildman–Crippen LogP) is 2.16. The van der Waals surface area contributed by atoms with Crippen LogP contribution in [-0.2, 0) is 9.59 Å². The number of hydrogen-bond acceptors (Lipinski definition) is 3. The summed E-state index contributed by atoms with van der Waals surface area (Å²) in [6, 6.07) is 6.04. The Bertz CT molecular complexity index is 713. The molecular weight excluding hydrogens is 337 g/mol. The lowest BCUT2D eigenvalue weighted by atomic mass is 9.87. The summed E-state index contributed by atoms with van der Waals surface area (Å²) >= 11 is 0. The molecule has 140 valence electrons. The van der Waals surface area contributed by atoms with E-state index in [4.69, 9.17) is 0 Å². The van der Waals surface area contributed by atoms with Crippen LogP contribution in [0.25, 0.3) is 0 Å². The largest absolute Gasteiger partial charge is 0.342 e. The Kier molecular flexibility index (Phi) is 4.98. The maximum absolute atomic E-state index is 13.1. The topological polar surface area (TPSA) is 78.5 Å². The standard InChI is InChI=1S/C19H24FN3O3/c1-12(11-19(2)17(25)21-18(26)22-19)16(24)23-9-7-14(8-10-23)13-3-5-15(20)6-4-13/h3-6,12,14H,7-11H2,1-2H3,(H2,21,22,25,26)/t12?,19-/m1/s1. The molecule has 2 N–H and O–H groups in total. The van der Waals surface area contributed by atoms with Gasteiger partial charge in [-0.1, -0.05) is 19.1 Å². The Morgan fingerprint density at radius 3 is 2.42 bits per heavy atom. The van der Waals surface area contributed by atoms with E-state index in [1.165, 1.54) is 12.1 Å². The molecule has 0 radical (unpaired) electrons. The Hall–Kier alpha value is -2.44. The van der Waals surface area contributed by atoms with Crippen molar-refractivity contribution >= 4 is 17.8 Å². The lowest BCUT2D eigenvalue weighted by Crippen LogP contribution is -2.48. The minimum absolute atomic E-state index is 0.00210. The van der Waals surface area contributed by atoms with Crippen LogP contribution in [-0.4, -0.2) is 41.4 Å². The van der Waals surface area contributed by atoms with Crippen LogP contribution in [0.3, 0.4) is 0 Å². The highest BCUT2D eigenvalue weighted by Gasteiger charge is 2.44. The number of amides is 4. The summed E-state index contributed by atoms with van der Waals surface area (Å²) in [5.74, 6) is -0.680. The molecule has 2 fully saturated rings. The number of urea groups is 1. The molecule has 4 amide bonds. The Labute approximate surface area is 152 Å². The molecule has 0 aromatic heterocycles. The van der Waals surface area contributed by atoms with Gasteiger partial charge in [0.1, 0.15) is 11.4 Å². The molecule has 1 aromatic carbocycles. The van der Waals surface area contributed by atoms with Crippen molar-refractivity contribution in [1.29, 1.82) is 0 Å². The second-order valence-electron chi connectivity index (χ2n) is 7.50. The van der Waals surface area contributed by atoms with E-state index in [1.54, 1.807) is 13.8 Å². The summed E-state index contributed by atoms with van der Waals surface area (Å²) < 4.78 is 13.1. The zero-order valence-electron chi connectivity index (χ0n) is 15.0. The molecule has 6 nitrogen and oxygen atoms in total. The number of imide groups is 1. The van der Waals surface area contributed by atoms with Crippen LogP contribution in [0.5, 0.6) is 0 Å². The first-order valence-electron chi connectivity index (χ1n) is 8.96. The number of rotatable bonds is 4. The van der Waals surface area contributed by atoms with E-state index < -0.39 is 17.5 Å². The van der Waals surface area contributed by atoms with Crippen LogP contribution < -0.4 is 10.6 Å². The van der Waals surface area contributed by atoms with Gasteiger partial charge in [0.2, 0.25) is 5.91 Å². The van der Waals surface area contributed by atoms with E-state index in [0.29, 0.717) is 19.0 Å². The van der Waals surface area contributed by atoms with Gasteiger partial charge in [-0.05, 0) is 49.8 Å². The smallest absolute Gasteiger partial charge is 0.322 e. The van der Waals surface area contributed by atoms with Crippen molar-refractivity contribution < 1.29 is 18.8 Å². The minimum atomic E-state index is -1.04. The monoisotopic (exact) mass is 361 g/mol. The summed E-state index contributed by atoms with van der Waals surface area (Å²) in [7, 11) is 0. The van der Waals surface area contributed by atoms with Crippen molar-refractivity contribution in [1.82, 2.24) is 15.5 Å². The van der Waals surface area contributed by atoms with Gasteiger partial charge in [0.25, 0.3) is 5.91 Å². The van der Waals surface area contributed by atoms with Gasteiger partial charge in [-0.2, -0.15) is 0 Å². The van der Waals surface area contributed by atoms with Gasteiger partial charge in [0.15, 0.2) is 0 Å². The molecule has 0 aliphatic carbocycles. The van der Waals surface area contributed by atoms with E-state index in [1.807, 2.05) is 17.0 Å². The van der Waals surface area contributed by atoms with Crippen LogP contribution in [0.15, 0.2) is 24.3 Å². The zero-order chi connectivity index (χ0) is 18.9. The Morgan fingerprint density at radius 1 is 1.27 bits per heavy atom. The first-order chi connectivity index (χ1) is 12.3. The fraction of sp³-hybridized carbons (Fsp3) is 0.526. The van der Waals surface area contributed by atoms with Crippen molar-refractivity contribution in [3.05, 3.63) is 35.6 Å².